The van der Waals surface area contributed by atoms with Gasteiger partial charge in [-0.25, -0.2) is 8.42 Å². The third-order valence-corrected chi connectivity index (χ3v) is 4.37. The molecule has 0 amide bonds. The number of alkyl halides is 3. The number of benzene rings is 1. The highest BCUT2D eigenvalue weighted by Crippen LogP contribution is 2.31. The van der Waals surface area contributed by atoms with Crippen molar-refractivity contribution in [3.05, 3.63) is 29.8 Å². The molecule has 2 rings (SSSR count). The Morgan fingerprint density at radius 1 is 1.21 bits per heavy atom. The molecular weight excluding hydrogens is 283 g/mol. The van der Waals surface area contributed by atoms with Crippen LogP contribution in [0, 0.1) is 0 Å². The molecule has 1 aliphatic rings. The van der Waals surface area contributed by atoms with E-state index in [1.165, 1.54) is 0 Å². The first kappa shape index (κ1) is 14.3. The highest BCUT2D eigenvalue weighted by atomic mass is 32.2. The first-order valence-corrected chi connectivity index (χ1v) is 7.09. The molecule has 0 aromatic heterocycles. The van der Waals surface area contributed by atoms with Gasteiger partial charge in [0.05, 0.1) is 17.1 Å². The van der Waals surface area contributed by atoms with E-state index in [4.69, 9.17) is 4.84 Å². The highest BCUT2D eigenvalue weighted by Gasteiger charge is 2.33. The Hall–Kier alpha value is -1.12. The molecule has 0 radical (unpaired) electrons. The number of hydrogen-bond acceptors (Lipinski definition) is 3. The molecule has 0 bridgehead atoms. The number of hydrogen-bond donors (Lipinski definition) is 0. The second-order valence-electron chi connectivity index (χ2n) is 4.10. The van der Waals surface area contributed by atoms with Crippen LogP contribution in [0.15, 0.2) is 29.2 Å². The molecule has 4 nitrogen and oxygen atoms in total. The monoisotopic (exact) mass is 295 g/mol. The lowest BCUT2D eigenvalue weighted by Gasteiger charge is -2.25. The van der Waals surface area contributed by atoms with Crippen LogP contribution in [0.2, 0.25) is 0 Å². The number of sulfonamides is 1. The van der Waals surface area contributed by atoms with Gasteiger partial charge >= 0.3 is 6.18 Å². The lowest BCUT2D eigenvalue weighted by molar-refractivity contribution is -0.137. The molecule has 1 aliphatic heterocycles. The molecule has 1 aromatic rings. The van der Waals surface area contributed by atoms with E-state index in [1.54, 1.807) is 0 Å². The zero-order valence-corrected chi connectivity index (χ0v) is 10.7. The summed E-state index contributed by atoms with van der Waals surface area (Å²) in [5.74, 6) is 0. The number of halogens is 3. The predicted molar refractivity (Wildman–Crippen MR) is 60.5 cm³/mol. The SMILES string of the molecule is O=S(=O)(c1cccc(C(F)(F)F)c1)N1CCCCO1. The number of nitrogens with zero attached hydrogens (tertiary/aromatic N) is 1. The van der Waals surface area contributed by atoms with Gasteiger partial charge in [-0.1, -0.05) is 10.5 Å². The van der Waals surface area contributed by atoms with E-state index in [2.05, 4.69) is 0 Å². The van der Waals surface area contributed by atoms with Crippen molar-refractivity contribution in [2.75, 3.05) is 13.2 Å². The van der Waals surface area contributed by atoms with E-state index in [0.717, 1.165) is 29.1 Å². The summed E-state index contributed by atoms with van der Waals surface area (Å²) in [4.78, 5) is 4.57. The molecule has 1 saturated heterocycles. The van der Waals surface area contributed by atoms with Gasteiger partial charge in [0, 0.05) is 6.54 Å². The van der Waals surface area contributed by atoms with Crippen LogP contribution in [0.5, 0.6) is 0 Å². The molecule has 0 N–H and O–H groups in total. The van der Waals surface area contributed by atoms with Crippen LogP contribution in [0.4, 0.5) is 13.2 Å². The molecule has 0 unspecified atom stereocenters. The van der Waals surface area contributed by atoms with Crippen molar-refractivity contribution in [1.29, 1.82) is 0 Å². The van der Waals surface area contributed by atoms with Gasteiger partial charge in [0.25, 0.3) is 10.0 Å². The summed E-state index contributed by atoms with van der Waals surface area (Å²) < 4.78 is 62.6. The topological polar surface area (TPSA) is 46.6 Å². The fraction of sp³-hybridized carbons (Fsp3) is 0.455. The summed E-state index contributed by atoms with van der Waals surface area (Å²) in [5, 5.41) is 0. The van der Waals surface area contributed by atoms with Crippen molar-refractivity contribution in [2.24, 2.45) is 0 Å². The minimum absolute atomic E-state index is 0.151. The third kappa shape index (κ3) is 3.07. The van der Waals surface area contributed by atoms with Crippen LogP contribution in [0.3, 0.4) is 0 Å². The van der Waals surface area contributed by atoms with E-state index in [-0.39, 0.29) is 13.2 Å². The van der Waals surface area contributed by atoms with Gasteiger partial charge in [-0.2, -0.15) is 13.2 Å². The second-order valence-corrected chi connectivity index (χ2v) is 5.93. The lowest BCUT2D eigenvalue weighted by atomic mass is 10.2. The van der Waals surface area contributed by atoms with Crippen molar-refractivity contribution in [2.45, 2.75) is 23.9 Å². The lowest BCUT2D eigenvalue weighted by Crippen LogP contribution is -2.35. The van der Waals surface area contributed by atoms with E-state index in [9.17, 15) is 21.6 Å². The van der Waals surface area contributed by atoms with Gasteiger partial charge in [-0.05, 0) is 31.0 Å². The van der Waals surface area contributed by atoms with Crippen molar-refractivity contribution in [3.8, 4) is 0 Å². The smallest absolute Gasteiger partial charge is 0.284 e. The zero-order valence-electron chi connectivity index (χ0n) is 9.85. The summed E-state index contributed by atoms with van der Waals surface area (Å²) in [6.45, 7) is 0.400. The summed E-state index contributed by atoms with van der Waals surface area (Å²) in [5.41, 5.74) is -0.995. The first-order valence-electron chi connectivity index (χ1n) is 5.65. The van der Waals surface area contributed by atoms with Gasteiger partial charge in [0.2, 0.25) is 0 Å². The third-order valence-electron chi connectivity index (χ3n) is 2.70. The van der Waals surface area contributed by atoms with E-state index in [0.29, 0.717) is 12.5 Å². The summed E-state index contributed by atoms with van der Waals surface area (Å²) in [6.07, 6.45) is -3.22. The van der Waals surface area contributed by atoms with E-state index >= 15 is 0 Å². The molecule has 19 heavy (non-hydrogen) atoms. The molecule has 1 aromatic carbocycles. The zero-order chi connectivity index (χ0) is 14.1. The molecule has 0 saturated carbocycles. The minimum atomic E-state index is -4.58. The maximum atomic E-state index is 12.6. The minimum Gasteiger partial charge on any atom is -0.284 e. The highest BCUT2D eigenvalue weighted by molar-refractivity contribution is 7.89. The Labute approximate surface area is 108 Å². The van der Waals surface area contributed by atoms with Crippen LogP contribution >= 0.6 is 0 Å². The van der Waals surface area contributed by atoms with Crippen molar-refractivity contribution in [3.63, 3.8) is 0 Å². The van der Waals surface area contributed by atoms with Crippen LogP contribution in [-0.4, -0.2) is 26.0 Å². The number of hydroxylamine groups is 1. The van der Waals surface area contributed by atoms with Crippen LogP contribution in [0.25, 0.3) is 0 Å². The quantitative estimate of drug-likeness (QED) is 0.842. The average molecular weight is 295 g/mol. The fourth-order valence-corrected chi connectivity index (χ4v) is 3.06. The maximum Gasteiger partial charge on any atom is 0.416 e. The molecule has 1 fully saturated rings. The van der Waals surface area contributed by atoms with Gasteiger partial charge in [-0.15, -0.1) is 0 Å². The Kier molecular flexibility index (Phi) is 3.84. The fourth-order valence-electron chi connectivity index (χ4n) is 1.71. The predicted octanol–water partition coefficient (Wildman–Crippen LogP) is 2.42. The Morgan fingerprint density at radius 2 is 1.95 bits per heavy atom. The molecule has 1 heterocycles. The Balaban J connectivity index is 2.35. The van der Waals surface area contributed by atoms with Crippen molar-refractivity contribution < 1.29 is 26.4 Å². The van der Waals surface area contributed by atoms with Crippen molar-refractivity contribution in [1.82, 2.24) is 4.47 Å². The number of rotatable bonds is 2. The molecular formula is C11H12F3NO3S. The van der Waals surface area contributed by atoms with Crippen LogP contribution in [-0.2, 0) is 21.0 Å². The van der Waals surface area contributed by atoms with Gasteiger partial charge in [-0.3, -0.25) is 4.84 Å². The molecule has 0 atom stereocenters. The largest absolute Gasteiger partial charge is 0.416 e. The standard InChI is InChI=1S/C11H12F3NO3S/c12-11(13,14)9-4-3-5-10(8-9)19(16,17)15-6-1-2-7-18-15/h3-5,8H,1-2,6-7H2. The second kappa shape index (κ2) is 5.10. The average Bonchev–Trinajstić information content (AvgIpc) is 2.39. The molecule has 8 heteroatoms. The van der Waals surface area contributed by atoms with Gasteiger partial charge in [0.15, 0.2) is 0 Å². The van der Waals surface area contributed by atoms with Gasteiger partial charge in [0.1, 0.15) is 0 Å². The summed E-state index contributed by atoms with van der Waals surface area (Å²) >= 11 is 0. The summed E-state index contributed by atoms with van der Waals surface area (Å²) in [6, 6.07) is 3.64. The van der Waals surface area contributed by atoms with E-state index in [1.807, 2.05) is 0 Å². The van der Waals surface area contributed by atoms with Crippen LogP contribution in [0.1, 0.15) is 18.4 Å². The normalized spacial score (nSPS) is 18.5. The van der Waals surface area contributed by atoms with Crippen LogP contribution < -0.4 is 0 Å². The molecule has 0 spiro atoms. The van der Waals surface area contributed by atoms with Crippen molar-refractivity contribution >= 4 is 10.0 Å². The summed E-state index contributed by atoms with van der Waals surface area (Å²) in [7, 11) is -4.03. The van der Waals surface area contributed by atoms with Gasteiger partial charge < -0.3 is 0 Å². The molecule has 106 valence electrons. The first-order chi connectivity index (χ1) is 8.82. The van der Waals surface area contributed by atoms with E-state index < -0.39 is 26.7 Å². The molecule has 0 aliphatic carbocycles. The maximum absolute atomic E-state index is 12.6. The Bertz CT molecular complexity index is 551. The Morgan fingerprint density at radius 3 is 2.53 bits per heavy atom.